The first-order chi connectivity index (χ1) is 32.7. The second-order valence-corrected chi connectivity index (χ2v) is 17.9. The SMILES string of the molecule is c1ccc(-c2nc(-c3ccc4c(c3)sc3ccccc34)nc(-c3c4ccccc4c(-c4ccc5c(c4)nc(-c4ccccc4)c4ccc6oc7ccccc7c6c45)c4ccccc34)n2)cc1. The smallest absolute Gasteiger partial charge is 0.165 e. The van der Waals surface area contributed by atoms with Crippen LogP contribution in [0.3, 0.4) is 0 Å². The molecule has 0 spiro atoms. The number of hydrogen-bond donors (Lipinski definition) is 0. The highest BCUT2D eigenvalue weighted by Gasteiger charge is 2.23. The van der Waals surface area contributed by atoms with E-state index in [2.05, 4.69) is 176 Å². The molecule has 0 unspecified atom stereocenters. The molecule has 4 heterocycles. The first kappa shape index (κ1) is 36.9. The summed E-state index contributed by atoms with van der Waals surface area (Å²) in [6.07, 6.45) is 0. The number of para-hydroxylation sites is 1. The van der Waals surface area contributed by atoms with Crippen molar-refractivity contribution in [1.29, 1.82) is 0 Å². The van der Waals surface area contributed by atoms with E-state index in [1.165, 1.54) is 20.2 Å². The van der Waals surface area contributed by atoms with Crippen LogP contribution in [0.25, 0.3) is 142 Å². The molecule has 0 saturated heterocycles. The van der Waals surface area contributed by atoms with Gasteiger partial charge in [-0.05, 0) is 69.1 Å². The van der Waals surface area contributed by atoms with E-state index in [1.54, 1.807) is 11.3 Å². The Morgan fingerprint density at radius 3 is 1.59 bits per heavy atom. The van der Waals surface area contributed by atoms with Gasteiger partial charge >= 0.3 is 0 Å². The van der Waals surface area contributed by atoms with Gasteiger partial charge in [-0.3, -0.25) is 0 Å². The van der Waals surface area contributed by atoms with Gasteiger partial charge in [0.1, 0.15) is 11.2 Å². The zero-order valence-electron chi connectivity index (χ0n) is 35.2. The lowest BCUT2D eigenvalue weighted by molar-refractivity contribution is 0.669. The summed E-state index contributed by atoms with van der Waals surface area (Å²) in [5, 5.41) is 12.3. The first-order valence-electron chi connectivity index (χ1n) is 22.1. The van der Waals surface area contributed by atoms with Crippen molar-refractivity contribution in [3.8, 4) is 56.5 Å². The number of hydrogen-bond acceptors (Lipinski definition) is 6. The molecular weight excluding hydrogens is 825 g/mol. The number of furan rings is 1. The summed E-state index contributed by atoms with van der Waals surface area (Å²) in [6, 6.07) is 72.6. The highest BCUT2D eigenvalue weighted by molar-refractivity contribution is 7.25. The van der Waals surface area contributed by atoms with E-state index in [-0.39, 0.29) is 0 Å². The van der Waals surface area contributed by atoms with Crippen molar-refractivity contribution in [1.82, 2.24) is 19.9 Å². The Kier molecular flexibility index (Phi) is 8.08. The lowest BCUT2D eigenvalue weighted by atomic mass is 9.87. The quantitative estimate of drug-likeness (QED) is 0.127. The molecule has 5 nitrogen and oxygen atoms in total. The fourth-order valence-corrected chi connectivity index (χ4v) is 11.3. The Hall–Kier alpha value is -8.58. The Balaban J connectivity index is 1.02. The van der Waals surface area contributed by atoms with Crippen LogP contribution in [0.1, 0.15) is 0 Å². The minimum Gasteiger partial charge on any atom is -0.456 e. The third kappa shape index (κ3) is 5.65. The van der Waals surface area contributed by atoms with Crippen LogP contribution in [-0.2, 0) is 0 Å². The predicted molar refractivity (Wildman–Crippen MR) is 275 cm³/mol. The maximum absolute atomic E-state index is 6.45. The van der Waals surface area contributed by atoms with Crippen LogP contribution in [0.5, 0.6) is 0 Å². The van der Waals surface area contributed by atoms with Gasteiger partial charge in [0.25, 0.3) is 0 Å². The number of rotatable bonds is 5. The van der Waals surface area contributed by atoms with Crippen molar-refractivity contribution < 1.29 is 4.42 Å². The maximum Gasteiger partial charge on any atom is 0.165 e. The normalized spacial score (nSPS) is 11.9. The van der Waals surface area contributed by atoms with Gasteiger partial charge in [0.2, 0.25) is 0 Å². The Morgan fingerprint density at radius 2 is 0.848 bits per heavy atom. The highest BCUT2D eigenvalue weighted by Crippen LogP contribution is 2.46. The molecular formula is C60H34N4OS. The predicted octanol–water partition coefficient (Wildman–Crippen LogP) is 16.5. The summed E-state index contributed by atoms with van der Waals surface area (Å²) in [6.45, 7) is 0. The average Bonchev–Trinajstić information content (AvgIpc) is 3.96. The van der Waals surface area contributed by atoms with Crippen molar-refractivity contribution >= 4 is 96.7 Å². The molecule has 0 saturated carbocycles. The van der Waals surface area contributed by atoms with Crippen LogP contribution in [0.4, 0.5) is 0 Å². The first-order valence-corrected chi connectivity index (χ1v) is 22.9. The number of fused-ring (bicyclic) bond motifs is 12. The van der Waals surface area contributed by atoms with Crippen molar-refractivity contribution in [2.75, 3.05) is 0 Å². The molecule has 10 aromatic carbocycles. The van der Waals surface area contributed by atoms with Crippen LogP contribution in [0, 0.1) is 0 Å². The van der Waals surface area contributed by atoms with Crippen molar-refractivity contribution in [2.45, 2.75) is 0 Å². The average molecular weight is 859 g/mol. The van der Waals surface area contributed by atoms with E-state index >= 15 is 0 Å². The summed E-state index contributed by atoms with van der Waals surface area (Å²) in [5.41, 5.74) is 9.73. The minimum atomic E-state index is 0.629. The van der Waals surface area contributed by atoms with Crippen LogP contribution in [0.15, 0.2) is 211 Å². The van der Waals surface area contributed by atoms with Gasteiger partial charge in [-0.25, -0.2) is 19.9 Å². The fraction of sp³-hybridized carbons (Fsp3) is 0. The van der Waals surface area contributed by atoms with E-state index in [0.717, 1.165) is 104 Å². The van der Waals surface area contributed by atoms with Gasteiger partial charge in [0.05, 0.1) is 11.2 Å². The molecule has 0 aliphatic heterocycles. The van der Waals surface area contributed by atoms with Crippen LogP contribution in [-0.4, -0.2) is 19.9 Å². The Morgan fingerprint density at radius 1 is 0.303 bits per heavy atom. The highest BCUT2D eigenvalue weighted by atomic mass is 32.1. The monoisotopic (exact) mass is 858 g/mol. The van der Waals surface area contributed by atoms with Gasteiger partial charge < -0.3 is 4.42 Å². The summed E-state index contributed by atoms with van der Waals surface area (Å²) >= 11 is 1.80. The zero-order valence-corrected chi connectivity index (χ0v) is 36.1. The second kappa shape index (κ2) is 14.5. The number of thiophene rings is 1. The summed E-state index contributed by atoms with van der Waals surface area (Å²) in [7, 11) is 0. The van der Waals surface area contributed by atoms with Gasteiger partial charge in [0, 0.05) is 69.4 Å². The molecule has 0 fully saturated rings. The molecule has 4 aromatic heterocycles. The van der Waals surface area contributed by atoms with Crippen molar-refractivity contribution in [3.63, 3.8) is 0 Å². The van der Waals surface area contributed by atoms with E-state index < -0.39 is 0 Å². The van der Waals surface area contributed by atoms with Crippen LogP contribution in [0.2, 0.25) is 0 Å². The molecule has 14 rings (SSSR count). The standard InChI is InChI=1S/C60H34N4OS/c1-3-15-35(16-4-1)57-47-31-32-50-56(46-24-11-13-25-49(46)65-50)54(47)45-30-27-37(33-48(45)61-57)53-41-20-7-9-22-43(41)55(44-23-10-8-21-42(44)53)60-63-58(36-17-5-2-6-18-36)62-59(64-60)38-28-29-40-39-19-12-14-26-51(39)66-52(40)34-38/h1-34H. The molecule has 0 amide bonds. The molecule has 0 atom stereocenters. The summed E-state index contributed by atoms with van der Waals surface area (Å²) < 4.78 is 8.92. The van der Waals surface area contributed by atoms with Gasteiger partial charge in [0.15, 0.2) is 17.5 Å². The van der Waals surface area contributed by atoms with Crippen LogP contribution < -0.4 is 0 Å². The third-order valence-electron chi connectivity index (χ3n) is 13.1. The number of aromatic nitrogens is 4. The third-order valence-corrected chi connectivity index (χ3v) is 14.2. The van der Waals surface area contributed by atoms with Gasteiger partial charge in [-0.15, -0.1) is 11.3 Å². The zero-order chi connectivity index (χ0) is 43.3. The lowest BCUT2D eigenvalue weighted by Crippen LogP contribution is -2.01. The maximum atomic E-state index is 6.45. The molecule has 0 radical (unpaired) electrons. The number of pyridine rings is 1. The molecule has 0 bridgehead atoms. The van der Waals surface area contributed by atoms with Crippen molar-refractivity contribution in [2.24, 2.45) is 0 Å². The number of nitrogens with zero attached hydrogens (tertiary/aromatic N) is 4. The van der Waals surface area contributed by atoms with E-state index in [4.69, 9.17) is 24.4 Å². The molecule has 66 heavy (non-hydrogen) atoms. The topological polar surface area (TPSA) is 64.7 Å². The molecule has 0 aliphatic carbocycles. The molecule has 306 valence electrons. The van der Waals surface area contributed by atoms with Gasteiger partial charge in [-0.2, -0.15) is 0 Å². The Labute approximate surface area is 381 Å². The van der Waals surface area contributed by atoms with E-state index in [0.29, 0.717) is 17.5 Å². The lowest BCUT2D eigenvalue weighted by Gasteiger charge is -2.18. The minimum absolute atomic E-state index is 0.629. The summed E-state index contributed by atoms with van der Waals surface area (Å²) in [4.78, 5) is 21.4. The molecule has 0 aliphatic rings. The molecule has 14 aromatic rings. The van der Waals surface area contributed by atoms with E-state index in [1.807, 2.05) is 30.3 Å². The van der Waals surface area contributed by atoms with E-state index in [9.17, 15) is 0 Å². The van der Waals surface area contributed by atoms with Gasteiger partial charge in [-0.1, -0.05) is 170 Å². The number of benzene rings is 10. The van der Waals surface area contributed by atoms with Crippen molar-refractivity contribution in [3.05, 3.63) is 206 Å². The summed E-state index contributed by atoms with van der Waals surface area (Å²) in [5.74, 6) is 1.90. The Bertz CT molecular complexity index is 4230. The second-order valence-electron chi connectivity index (χ2n) is 16.8. The largest absolute Gasteiger partial charge is 0.456 e. The fourth-order valence-electron chi connectivity index (χ4n) is 10.2. The molecule has 6 heteroatoms. The van der Waals surface area contributed by atoms with Crippen LogP contribution >= 0.6 is 11.3 Å². The molecule has 0 N–H and O–H groups in total.